The smallest absolute Gasteiger partial charge is 0.337 e. The zero-order valence-electron chi connectivity index (χ0n) is 17.5. The number of aromatic nitrogens is 1. The Labute approximate surface area is 191 Å². The van der Waals surface area contributed by atoms with Gasteiger partial charge in [-0.25, -0.2) is 9.78 Å². The number of pyridine rings is 1. The molecule has 0 saturated heterocycles. The molecule has 1 heterocycles. The number of ether oxygens (including phenoxy) is 2. The zero-order valence-corrected chi connectivity index (χ0v) is 18.2. The molecule has 160 valence electrons. The largest absolute Gasteiger partial charge is 0.465 e. The first kappa shape index (κ1) is 20.3. The summed E-state index contributed by atoms with van der Waals surface area (Å²) in [6, 6.07) is 22.8. The molecule has 0 aliphatic heterocycles. The number of anilines is 1. The zero-order chi connectivity index (χ0) is 22.1. The molecule has 1 aliphatic carbocycles. The molecule has 1 N–H and O–H groups in total. The minimum Gasteiger partial charge on any atom is -0.465 e. The second-order valence-electron chi connectivity index (χ2n) is 7.85. The van der Waals surface area contributed by atoms with Gasteiger partial charge in [0, 0.05) is 11.2 Å². The first-order valence-electron chi connectivity index (χ1n) is 10.4. The summed E-state index contributed by atoms with van der Waals surface area (Å²) in [7, 11) is 1.38. The number of hydrogen-bond acceptors (Lipinski definition) is 5. The van der Waals surface area contributed by atoms with Crippen LogP contribution in [0.25, 0.3) is 10.8 Å². The maximum Gasteiger partial charge on any atom is 0.337 e. The summed E-state index contributed by atoms with van der Waals surface area (Å²) in [5, 5.41) is 6.27. The van der Waals surface area contributed by atoms with E-state index in [4.69, 9.17) is 21.1 Å². The molecule has 5 nitrogen and oxygen atoms in total. The molecule has 1 fully saturated rings. The van der Waals surface area contributed by atoms with Crippen molar-refractivity contribution < 1.29 is 14.3 Å². The number of carbonyl (C=O) groups excluding carboxylic acids is 1. The van der Waals surface area contributed by atoms with Gasteiger partial charge in [0.15, 0.2) is 0 Å². The van der Waals surface area contributed by atoms with Gasteiger partial charge >= 0.3 is 5.97 Å². The first-order chi connectivity index (χ1) is 15.6. The number of rotatable bonds is 6. The lowest BCUT2D eigenvalue weighted by atomic mass is 10.0. The SMILES string of the molecule is COC(=O)c1ccc(C2(Nc3nccc4cccc(Oc5ccc(Cl)cc5)c34)CC2)cc1. The van der Waals surface area contributed by atoms with Gasteiger partial charge in [-0.3, -0.25) is 0 Å². The number of esters is 1. The number of methoxy groups -OCH3 is 1. The van der Waals surface area contributed by atoms with Crippen LogP contribution in [0, 0.1) is 0 Å². The average Bonchev–Trinajstić information content (AvgIpc) is 3.61. The number of carbonyl (C=O) groups is 1. The van der Waals surface area contributed by atoms with Crippen molar-refractivity contribution in [2.75, 3.05) is 12.4 Å². The second-order valence-corrected chi connectivity index (χ2v) is 8.28. The van der Waals surface area contributed by atoms with Gasteiger partial charge in [0.1, 0.15) is 17.3 Å². The van der Waals surface area contributed by atoms with Crippen molar-refractivity contribution in [3.63, 3.8) is 0 Å². The summed E-state index contributed by atoms with van der Waals surface area (Å²) in [5.74, 6) is 1.85. The second kappa shape index (κ2) is 8.17. The number of nitrogens with zero attached hydrogens (tertiary/aromatic N) is 1. The molecule has 5 rings (SSSR count). The Kier molecular flexibility index (Phi) is 5.19. The van der Waals surface area contributed by atoms with Gasteiger partial charge in [-0.1, -0.05) is 35.9 Å². The molecule has 4 aromatic rings. The minimum absolute atomic E-state index is 0.219. The summed E-state index contributed by atoms with van der Waals surface area (Å²) < 4.78 is 11.0. The maximum absolute atomic E-state index is 11.8. The van der Waals surface area contributed by atoms with Crippen LogP contribution >= 0.6 is 11.6 Å². The van der Waals surface area contributed by atoms with Crippen LogP contribution in [0.1, 0.15) is 28.8 Å². The highest BCUT2D eigenvalue weighted by molar-refractivity contribution is 6.30. The van der Waals surface area contributed by atoms with Crippen molar-refractivity contribution >= 4 is 34.2 Å². The van der Waals surface area contributed by atoms with Gasteiger partial charge in [0.2, 0.25) is 0 Å². The normalized spacial score (nSPS) is 14.1. The van der Waals surface area contributed by atoms with Crippen LogP contribution in [0.2, 0.25) is 5.02 Å². The van der Waals surface area contributed by atoms with Crippen LogP contribution in [-0.2, 0) is 10.3 Å². The third-order valence-electron chi connectivity index (χ3n) is 5.76. The summed E-state index contributed by atoms with van der Waals surface area (Å²) in [5.41, 5.74) is 1.43. The highest BCUT2D eigenvalue weighted by atomic mass is 35.5. The van der Waals surface area contributed by atoms with Crippen LogP contribution in [0.4, 0.5) is 5.82 Å². The van der Waals surface area contributed by atoms with E-state index in [0.29, 0.717) is 16.3 Å². The average molecular weight is 445 g/mol. The van der Waals surface area contributed by atoms with Gasteiger partial charge in [-0.15, -0.1) is 0 Å². The topological polar surface area (TPSA) is 60.5 Å². The predicted octanol–water partition coefficient (Wildman–Crippen LogP) is 6.57. The van der Waals surface area contributed by atoms with E-state index in [-0.39, 0.29) is 11.5 Å². The lowest BCUT2D eigenvalue weighted by Gasteiger charge is -2.21. The lowest BCUT2D eigenvalue weighted by molar-refractivity contribution is 0.0600. The van der Waals surface area contributed by atoms with Crippen LogP contribution < -0.4 is 10.1 Å². The molecule has 0 unspecified atom stereocenters. The van der Waals surface area contributed by atoms with Crippen molar-refractivity contribution in [3.8, 4) is 11.5 Å². The van der Waals surface area contributed by atoms with Crippen LogP contribution in [0.3, 0.4) is 0 Å². The molecule has 0 spiro atoms. The number of benzene rings is 3. The lowest BCUT2D eigenvalue weighted by Crippen LogP contribution is -2.20. The standard InChI is InChI=1S/C26H21ClN2O3/c1-31-25(30)18-5-7-19(8-6-18)26(14-15-26)29-24-23-17(13-16-28-24)3-2-4-22(23)32-21-11-9-20(27)10-12-21/h2-13,16H,14-15H2,1H3,(H,28,29). The van der Waals surface area contributed by atoms with Crippen molar-refractivity contribution in [2.45, 2.75) is 18.4 Å². The molecule has 3 aromatic carbocycles. The summed E-state index contributed by atoms with van der Waals surface area (Å²) in [6.45, 7) is 0. The van der Waals surface area contributed by atoms with Crippen LogP contribution in [-0.4, -0.2) is 18.1 Å². The first-order valence-corrected chi connectivity index (χ1v) is 10.7. The quantitative estimate of drug-likeness (QED) is 0.341. The highest BCUT2D eigenvalue weighted by Gasteiger charge is 2.45. The molecular weight excluding hydrogens is 424 g/mol. The van der Waals surface area contributed by atoms with E-state index in [0.717, 1.165) is 40.7 Å². The maximum atomic E-state index is 11.8. The van der Waals surface area contributed by atoms with Crippen LogP contribution in [0.15, 0.2) is 79.0 Å². The molecule has 32 heavy (non-hydrogen) atoms. The van der Waals surface area contributed by atoms with E-state index < -0.39 is 0 Å². The third kappa shape index (κ3) is 3.87. The number of halogens is 1. The van der Waals surface area contributed by atoms with E-state index in [1.54, 1.807) is 30.5 Å². The van der Waals surface area contributed by atoms with Gasteiger partial charge < -0.3 is 14.8 Å². The van der Waals surface area contributed by atoms with E-state index in [1.165, 1.54) is 7.11 Å². The Bertz CT molecular complexity index is 1280. The molecule has 1 aromatic heterocycles. The third-order valence-corrected chi connectivity index (χ3v) is 6.01. The molecule has 6 heteroatoms. The summed E-state index contributed by atoms with van der Waals surface area (Å²) in [4.78, 5) is 16.4. The van der Waals surface area contributed by atoms with E-state index in [1.807, 2.05) is 48.5 Å². The van der Waals surface area contributed by atoms with Crippen molar-refractivity contribution in [2.24, 2.45) is 0 Å². The fourth-order valence-electron chi connectivity index (χ4n) is 3.89. The molecule has 1 saturated carbocycles. The summed E-state index contributed by atoms with van der Waals surface area (Å²) >= 11 is 6.01. The molecule has 0 bridgehead atoms. The summed E-state index contributed by atoms with van der Waals surface area (Å²) in [6.07, 6.45) is 3.75. The fraction of sp³-hybridized carbons (Fsp3) is 0.154. The van der Waals surface area contributed by atoms with E-state index >= 15 is 0 Å². The Hall–Kier alpha value is -3.57. The van der Waals surface area contributed by atoms with Crippen LogP contribution in [0.5, 0.6) is 11.5 Å². The van der Waals surface area contributed by atoms with Crippen molar-refractivity contribution in [1.82, 2.24) is 4.98 Å². The van der Waals surface area contributed by atoms with E-state index in [9.17, 15) is 4.79 Å². The monoisotopic (exact) mass is 444 g/mol. The van der Waals surface area contributed by atoms with Crippen molar-refractivity contribution in [3.05, 3.63) is 95.1 Å². The van der Waals surface area contributed by atoms with Gasteiger partial charge in [0.05, 0.1) is 23.6 Å². The van der Waals surface area contributed by atoms with Gasteiger partial charge in [0.25, 0.3) is 0 Å². The number of fused-ring (bicyclic) bond motifs is 1. The Morgan fingerprint density at radius 3 is 2.44 bits per heavy atom. The Balaban J connectivity index is 1.49. The molecule has 0 amide bonds. The number of nitrogens with one attached hydrogen (secondary N) is 1. The van der Waals surface area contributed by atoms with Crippen molar-refractivity contribution in [1.29, 1.82) is 0 Å². The fourth-order valence-corrected chi connectivity index (χ4v) is 4.01. The minimum atomic E-state index is -0.339. The van der Waals surface area contributed by atoms with E-state index in [2.05, 4.69) is 10.3 Å². The molecular formula is C26H21ClN2O3. The number of hydrogen-bond donors (Lipinski definition) is 1. The Morgan fingerprint density at radius 2 is 1.75 bits per heavy atom. The predicted molar refractivity (Wildman–Crippen MR) is 126 cm³/mol. The molecule has 0 atom stereocenters. The molecule has 1 aliphatic rings. The van der Waals surface area contributed by atoms with Gasteiger partial charge in [-0.2, -0.15) is 0 Å². The van der Waals surface area contributed by atoms with Gasteiger partial charge in [-0.05, 0) is 72.3 Å². The highest BCUT2D eigenvalue weighted by Crippen LogP contribution is 2.49. The Morgan fingerprint density at radius 1 is 1.00 bits per heavy atom. The molecule has 0 radical (unpaired) electrons.